The highest BCUT2D eigenvalue weighted by Crippen LogP contribution is 2.35. The third-order valence-electron chi connectivity index (χ3n) is 5.88. The van der Waals surface area contributed by atoms with E-state index in [1.54, 1.807) is 0 Å². The molecule has 0 fully saturated rings. The van der Waals surface area contributed by atoms with Crippen molar-refractivity contribution in [3.05, 3.63) is 100 Å². The molecule has 162 valence electrons. The number of aryl methyl sites for hydroxylation is 3. The number of imide groups is 1. The zero-order valence-corrected chi connectivity index (χ0v) is 19.2. The fourth-order valence-electron chi connectivity index (χ4n) is 3.97. The number of rotatable bonds is 5. The zero-order valence-electron chi connectivity index (χ0n) is 19.2. The average molecular weight is 425 g/mol. The van der Waals surface area contributed by atoms with Crippen LogP contribution in [0.5, 0.6) is 0 Å². The van der Waals surface area contributed by atoms with Crippen molar-refractivity contribution in [3.63, 3.8) is 0 Å². The summed E-state index contributed by atoms with van der Waals surface area (Å²) in [6.45, 7) is 10.2. The van der Waals surface area contributed by atoms with Gasteiger partial charge in [-0.1, -0.05) is 73.5 Å². The van der Waals surface area contributed by atoms with Crippen molar-refractivity contribution in [2.45, 2.75) is 40.5 Å². The summed E-state index contributed by atoms with van der Waals surface area (Å²) >= 11 is 0. The molecule has 0 aromatic heterocycles. The quantitative estimate of drug-likeness (QED) is 0.501. The van der Waals surface area contributed by atoms with Crippen LogP contribution in [-0.4, -0.2) is 11.8 Å². The molecular weight excluding hydrogens is 396 g/mol. The molecule has 3 aromatic rings. The van der Waals surface area contributed by atoms with Crippen LogP contribution in [0.1, 0.15) is 47.6 Å². The molecule has 0 saturated carbocycles. The first-order chi connectivity index (χ1) is 15.3. The van der Waals surface area contributed by atoms with E-state index in [9.17, 15) is 9.59 Å². The molecule has 4 nitrogen and oxygen atoms in total. The molecule has 4 rings (SSSR count). The smallest absolute Gasteiger partial charge is 0.282 e. The number of carbonyl (C=O) groups excluding carboxylic acids is 2. The van der Waals surface area contributed by atoms with E-state index in [0.29, 0.717) is 22.9 Å². The number of carbonyl (C=O) groups is 2. The first kappa shape index (κ1) is 21.6. The first-order valence-electron chi connectivity index (χ1n) is 10.9. The Hall–Kier alpha value is -3.66. The van der Waals surface area contributed by atoms with Gasteiger partial charge in [0.05, 0.1) is 11.3 Å². The standard InChI is InChI=1S/C28H28N2O2/c1-17(2)21-11-13-23(14-12-21)30-27(31)25(22-9-6-18(3)7-10-22)26(28(30)32)29-24-15-8-19(4)16-20(24)5/h6-17,29H,1-5H3. The maximum atomic E-state index is 13.6. The van der Waals surface area contributed by atoms with Gasteiger partial charge in [0.1, 0.15) is 5.70 Å². The van der Waals surface area contributed by atoms with Gasteiger partial charge in [0, 0.05) is 5.69 Å². The zero-order chi connectivity index (χ0) is 23.0. The SMILES string of the molecule is Cc1ccc(C2=C(Nc3ccc(C)cc3C)C(=O)N(c3ccc(C(C)C)cc3)C2=O)cc1. The molecule has 3 aromatic carbocycles. The largest absolute Gasteiger partial charge is 0.350 e. The highest BCUT2D eigenvalue weighted by molar-refractivity contribution is 6.46. The second-order valence-electron chi connectivity index (χ2n) is 8.75. The number of nitrogens with one attached hydrogen (secondary N) is 1. The van der Waals surface area contributed by atoms with E-state index in [1.807, 2.05) is 81.4 Å². The lowest BCUT2D eigenvalue weighted by Gasteiger charge is -2.17. The van der Waals surface area contributed by atoms with E-state index in [4.69, 9.17) is 0 Å². The molecule has 0 saturated heterocycles. The molecule has 1 aliphatic rings. The number of nitrogens with zero attached hydrogens (tertiary/aromatic N) is 1. The number of hydrogen-bond donors (Lipinski definition) is 1. The summed E-state index contributed by atoms with van der Waals surface area (Å²) in [7, 11) is 0. The predicted octanol–water partition coefficient (Wildman–Crippen LogP) is 6.13. The Morgan fingerprint density at radius 3 is 1.97 bits per heavy atom. The minimum atomic E-state index is -0.345. The molecule has 0 radical (unpaired) electrons. The number of anilines is 2. The lowest BCUT2D eigenvalue weighted by Crippen LogP contribution is -2.32. The number of benzene rings is 3. The molecule has 2 amide bonds. The van der Waals surface area contributed by atoms with E-state index in [1.165, 1.54) is 4.90 Å². The van der Waals surface area contributed by atoms with E-state index in [0.717, 1.165) is 33.5 Å². The van der Waals surface area contributed by atoms with Gasteiger partial charge in [-0.25, -0.2) is 4.90 Å². The third-order valence-corrected chi connectivity index (χ3v) is 5.88. The monoisotopic (exact) mass is 424 g/mol. The molecule has 0 bridgehead atoms. The summed E-state index contributed by atoms with van der Waals surface area (Å²) in [5.74, 6) is -0.289. The van der Waals surface area contributed by atoms with Gasteiger partial charge < -0.3 is 5.32 Å². The Labute approximate surface area is 189 Å². The Morgan fingerprint density at radius 1 is 0.750 bits per heavy atom. The van der Waals surface area contributed by atoms with Gasteiger partial charge in [-0.05, 0) is 61.6 Å². The van der Waals surface area contributed by atoms with Gasteiger partial charge in [0.25, 0.3) is 11.8 Å². The normalized spacial score (nSPS) is 14.0. The predicted molar refractivity (Wildman–Crippen MR) is 131 cm³/mol. The van der Waals surface area contributed by atoms with E-state index >= 15 is 0 Å². The summed E-state index contributed by atoms with van der Waals surface area (Å²) in [6, 6.07) is 21.3. The highest BCUT2D eigenvalue weighted by Gasteiger charge is 2.40. The molecule has 1 aliphatic heterocycles. The van der Waals surface area contributed by atoms with E-state index < -0.39 is 0 Å². The molecule has 0 unspecified atom stereocenters. The number of hydrogen-bond acceptors (Lipinski definition) is 3. The summed E-state index contributed by atoms with van der Waals surface area (Å²) in [4.78, 5) is 28.4. The summed E-state index contributed by atoms with van der Waals surface area (Å²) in [6.07, 6.45) is 0. The molecular formula is C28H28N2O2. The summed E-state index contributed by atoms with van der Waals surface area (Å²) in [5, 5.41) is 3.28. The van der Waals surface area contributed by atoms with Crippen LogP contribution in [0.3, 0.4) is 0 Å². The topological polar surface area (TPSA) is 49.4 Å². The van der Waals surface area contributed by atoms with Crippen LogP contribution in [0.2, 0.25) is 0 Å². The van der Waals surface area contributed by atoms with Crippen molar-refractivity contribution in [3.8, 4) is 0 Å². The fourth-order valence-corrected chi connectivity index (χ4v) is 3.97. The second kappa shape index (κ2) is 8.46. The second-order valence-corrected chi connectivity index (χ2v) is 8.75. The van der Waals surface area contributed by atoms with Gasteiger partial charge in [0.2, 0.25) is 0 Å². The third kappa shape index (κ3) is 3.96. The minimum absolute atomic E-state index is 0.304. The van der Waals surface area contributed by atoms with Crippen LogP contribution in [0, 0.1) is 20.8 Å². The fraction of sp³-hybridized carbons (Fsp3) is 0.214. The average Bonchev–Trinajstić information content (AvgIpc) is 3.00. The van der Waals surface area contributed by atoms with Crippen LogP contribution in [0.25, 0.3) is 5.57 Å². The van der Waals surface area contributed by atoms with Crippen molar-refractivity contribution in [2.75, 3.05) is 10.2 Å². The summed E-state index contributed by atoms with van der Waals surface area (Å²) in [5.41, 5.74) is 7.22. The number of amides is 2. The van der Waals surface area contributed by atoms with E-state index in [-0.39, 0.29) is 11.8 Å². The molecule has 1 N–H and O–H groups in total. The van der Waals surface area contributed by atoms with Crippen LogP contribution < -0.4 is 10.2 Å². The van der Waals surface area contributed by atoms with Crippen molar-refractivity contribution in [1.82, 2.24) is 0 Å². The molecule has 32 heavy (non-hydrogen) atoms. The molecule has 0 atom stereocenters. The van der Waals surface area contributed by atoms with Crippen molar-refractivity contribution >= 4 is 28.8 Å². The highest BCUT2D eigenvalue weighted by atomic mass is 16.2. The van der Waals surface area contributed by atoms with Crippen LogP contribution in [-0.2, 0) is 9.59 Å². The van der Waals surface area contributed by atoms with Gasteiger partial charge in [0.15, 0.2) is 0 Å². The lowest BCUT2D eigenvalue weighted by molar-refractivity contribution is -0.120. The van der Waals surface area contributed by atoms with Crippen LogP contribution in [0.4, 0.5) is 11.4 Å². The Morgan fingerprint density at radius 2 is 1.38 bits per heavy atom. The van der Waals surface area contributed by atoms with Crippen LogP contribution in [0.15, 0.2) is 72.4 Å². The lowest BCUT2D eigenvalue weighted by atomic mass is 10.0. The maximum Gasteiger partial charge on any atom is 0.282 e. The van der Waals surface area contributed by atoms with E-state index in [2.05, 4.69) is 25.2 Å². The minimum Gasteiger partial charge on any atom is -0.350 e. The molecule has 4 heteroatoms. The summed E-state index contributed by atoms with van der Waals surface area (Å²) < 4.78 is 0. The Kier molecular flexibility index (Phi) is 5.70. The Balaban J connectivity index is 1.80. The molecule has 1 heterocycles. The van der Waals surface area contributed by atoms with Crippen molar-refractivity contribution in [1.29, 1.82) is 0 Å². The van der Waals surface area contributed by atoms with Gasteiger partial charge in [-0.3, -0.25) is 9.59 Å². The van der Waals surface area contributed by atoms with Gasteiger partial charge in [-0.2, -0.15) is 0 Å². The molecule has 0 spiro atoms. The maximum absolute atomic E-state index is 13.6. The van der Waals surface area contributed by atoms with Gasteiger partial charge >= 0.3 is 0 Å². The Bertz CT molecular complexity index is 1220. The first-order valence-corrected chi connectivity index (χ1v) is 10.9. The van der Waals surface area contributed by atoms with Crippen molar-refractivity contribution in [2.24, 2.45) is 0 Å². The molecule has 0 aliphatic carbocycles. The van der Waals surface area contributed by atoms with Gasteiger partial charge in [-0.15, -0.1) is 0 Å². The van der Waals surface area contributed by atoms with Crippen LogP contribution >= 0.6 is 0 Å². The van der Waals surface area contributed by atoms with Crippen molar-refractivity contribution < 1.29 is 9.59 Å².